The summed E-state index contributed by atoms with van der Waals surface area (Å²) in [6, 6.07) is 9.74. The number of ether oxygens (including phenoxy) is 1. The highest BCUT2D eigenvalue weighted by Gasteiger charge is 2.22. The van der Waals surface area contributed by atoms with Gasteiger partial charge in [-0.1, -0.05) is 20.8 Å². The molecule has 6 nitrogen and oxygen atoms in total. The van der Waals surface area contributed by atoms with Crippen LogP contribution >= 0.6 is 0 Å². The van der Waals surface area contributed by atoms with Crippen LogP contribution in [-0.2, 0) is 9.53 Å². The average Bonchev–Trinajstić information content (AvgIpc) is 3.08. The first kappa shape index (κ1) is 18.4. The minimum absolute atomic E-state index is 0.111. The Kier molecular flexibility index (Phi) is 5.41. The standard InChI is InChI=1S/C19H22N2O4/c1-12(25-17(23)15-6-5-11-20-15)16(22)13-7-9-14(10-8-13)21-18(24)19(2,3)4/h5-12,20H,1-4H3,(H,21,24)/t12-/m0/s1. The summed E-state index contributed by atoms with van der Waals surface area (Å²) in [4.78, 5) is 38.9. The molecule has 0 bridgehead atoms. The van der Waals surface area contributed by atoms with Crippen molar-refractivity contribution in [2.24, 2.45) is 5.41 Å². The van der Waals surface area contributed by atoms with Crippen molar-refractivity contribution in [3.05, 3.63) is 53.9 Å². The molecule has 2 aromatic rings. The number of hydrogen-bond donors (Lipinski definition) is 2. The van der Waals surface area contributed by atoms with Gasteiger partial charge in [-0.05, 0) is 43.3 Å². The third-order valence-electron chi connectivity index (χ3n) is 3.58. The van der Waals surface area contributed by atoms with E-state index in [1.54, 1.807) is 42.6 Å². The quantitative estimate of drug-likeness (QED) is 0.643. The second-order valence-electron chi connectivity index (χ2n) is 6.78. The van der Waals surface area contributed by atoms with Crippen molar-refractivity contribution in [2.75, 3.05) is 5.32 Å². The van der Waals surface area contributed by atoms with Gasteiger partial charge in [-0.15, -0.1) is 0 Å². The van der Waals surface area contributed by atoms with Gasteiger partial charge in [0.15, 0.2) is 6.10 Å². The summed E-state index contributed by atoms with van der Waals surface area (Å²) in [6.45, 7) is 6.99. The SMILES string of the molecule is C[C@H](OC(=O)c1ccc[nH]1)C(=O)c1ccc(NC(=O)C(C)(C)C)cc1. The number of carbonyl (C=O) groups excluding carboxylic acids is 3. The van der Waals surface area contributed by atoms with E-state index in [0.717, 1.165) is 0 Å². The van der Waals surface area contributed by atoms with Gasteiger partial charge in [0, 0.05) is 22.9 Å². The number of benzene rings is 1. The molecule has 0 aliphatic rings. The fourth-order valence-electron chi connectivity index (χ4n) is 2.01. The largest absolute Gasteiger partial charge is 0.450 e. The monoisotopic (exact) mass is 342 g/mol. The van der Waals surface area contributed by atoms with Crippen LogP contribution < -0.4 is 5.32 Å². The van der Waals surface area contributed by atoms with Crippen molar-refractivity contribution in [2.45, 2.75) is 33.8 Å². The molecular weight excluding hydrogens is 320 g/mol. The van der Waals surface area contributed by atoms with E-state index in [0.29, 0.717) is 16.9 Å². The van der Waals surface area contributed by atoms with Crippen molar-refractivity contribution >= 4 is 23.3 Å². The van der Waals surface area contributed by atoms with Gasteiger partial charge in [0.2, 0.25) is 11.7 Å². The lowest BCUT2D eigenvalue weighted by molar-refractivity contribution is -0.123. The highest BCUT2D eigenvalue weighted by Crippen LogP contribution is 2.18. The molecule has 6 heteroatoms. The van der Waals surface area contributed by atoms with Crippen LogP contribution in [0.25, 0.3) is 0 Å². The van der Waals surface area contributed by atoms with Crippen LogP contribution in [0.2, 0.25) is 0 Å². The first-order valence-electron chi connectivity index (χ1n) is 7.98. The number of H-pyrrole nitrogens is 1. The van der Waals surface area contributed by atoms with E-state index in [1.807, 2.05) is 20.8 Å². The predicted octanol–water partition coefficient (Wildman–Crippen LogP) is 3.43. The maximum Gasteiger partial charge on any atom is 0.355 e. The number of aromatic nitrogens is 1. The van der Waals surface area contributed by atoms with Gasteiger partial charge in [0.1, 0.15) is 5.69 Å². The van der Waals surface area contributed by atoms with Crippen LogP contribution in [0.15, 0.2) is 42.6 Å². The summed E-state index contributed by atoms with van der Waals surface area (Å²) < 4.78 is 5.16. The summed E-state index contributed by atoms with van der Waals surface area (Å²) in [5.74, 6) is -1.01. The molecule has 0 saturated heterocycles. The lowest BCUT2D eigenvalue weighted by atomic mass is 9.95. The number of rotatable bonds is 5. The van der Waals surface area contributed by atoms with Crippen molar-refractivity contribution < 1.29 is 19.1 Å². The Bertz CT molecular complexity index is 756. The first-order chi connectivity index (χ1) is 11.7. The van der Waals surface area contributed by atoms with Gasteiger partial charge in [0.25, 0.3) is 0 Å². The fourth-order valence-corrected chi connectivity index (χ4v) is 2.01. The second-order valence-corrected chi connectivity index (χ2v) is 6.78. The minimum atomic E-state index is -0.911. The molecule has 1 aromatic heterocycles. The lowest BCUT2D eigenvalue weighted by Crippen LogP contribution is -2.27. The topological polar surface area (TPSA) is 88.3 Å². The molecule has 1 aromatic carbocycles. The van der Waals surface area contributed by atoms with E-state index in [2.05, 4.69) is 10.3 Å². The van der Waals surface area contributed by atoms with Gasteiger partial charge in [-0.2, -0.15) is 0 Å². The second kappa shape index (κ2) is 7.34. The molecular formula is C19H22N2O4. The molecule has 0 aliphatic heterocycles. The van der Waals surface area contributed by atoms with Crippen LogP contribution in [0.4, 0.5) is 5.69 Å². The number of hydrogen-bond acceptors (Lipinski definition) is 4. The molecule has 1 heterocycles. The molecule has 0 fully saturated rings. The molecule has 132 valence electrons. The number of carbonyl (C=O) groups is 3. The predicted molar refractivity (Wildman–Crippen MR) is 94.5 cm³/mol. The molecule has 25 heavy (non-hydrogen) atoms. The van der Waals surface area contributed by atoms with E-state index >= 15 is 0 Å². The Balaban J connectivity index is 2.00. The van der Waals surface area contributed by atoms with E-state index in [4.69, 9.17) is 4.74 Å². The first-order valence-corrected chi connectivity index (χ1v) is 7.98. The third-order valence-corrected chi connectivity index (χ3v) is 3.58. The highest BCUT2D eigenvalue weighted by atomic mass is 16.5. The van der Waals surface area contributed by atoms with Crippen LogP contribution in [-0.4, -0.2) is 28.7 Å². The Morgan fingerprint density at radius 1 is 1.08 bits per heavy atom. The maximum absolute atomic E-state index is 12.4. The summed E-state index contributed by atoms with van der Waals surface area (Å²) in [6.07, 6.45) is 0.694. The number of ketones is 1. The van der Waals surface area contributed by atoms with Gasteiger partial charge >= 0.3 is 5.97 Å². The summed E-state index contributed by atoms with van der Waals surface area (Å²) in [5.41, 5.74) is 0.794. The summed E-state index contributed by atoms with van der Waals surface area (Å²) >= 11 is 0. The Hall–Kier alpha value is -2.89. The molecule has 2 N–H and O–H groups in total. The smallest absolute Gasteiger partial charge is 0.355 e. The van der Waals surface area contributed by atoms with Crippen molar-refractivity contribution in [1.82, 2.24) is 4.98 Å². The molecule has 0 radical (unpaired) electrons. The number of nitrogens with one attached hydrogen (secondary N) is 2. The van der Waals surface area contributed by atoms with Gasteiger partial charge < -0.3 is 15.0 Å². The maximum atomic E-state index is 12.4. The van der Waals surface area contributed by atoms with Crippen molar-refractivity contribution in [3.63, 3.8) is 0 Å². The summed E-state index contributed by atoms with van der Waals surface area (Å²) in [5, 5.41) is 2.79. The Morgan fingerprint density at radius 2 is 1.72 bits per heavy atom. The lowest BCUT2D eigenvalue weighted by Gasteiger charge is -2.18. The number of Topliss-reactive ketones (excluding diaryl/α,β-unsaturated/α-hetero) is 1. The molecule has 1 atom stereocenters. The number of anilines is 1. The molecule has 0 unspecified atom stereocenters. The fraction of sp³-hybridized carbons (Fsp3) is 0.316. The van der Waals surface area contributed by atoms with E-state index < -0.39 is 17.5 Å². The van der Waals surface area contributed by atoms with Gasteiger partial charge in [0.05, 0.1) is 0 Å². The minimum Gasteiger partial charge on any atom is -0.450 e. The van der Waals surface area contributed by atoms with E-state index in [9.17, 15) is 14.4 Å². The Morgan fingerprint density at radius 3 is 2.24 bits per heavy atom. The third kappa shape index (κ3) is 4.79. The van der Waals surface area contributed by atoms with Crippen LogP contribution in [0.5, 0.6) is 0 Å². The molecule has 1 amide bonds. The zero-order valence-corrected chi connectivity index (χ0v) is 14.8. The number of aromatic amines is 1. The normalized spacial score (nSPS) is 12.3. The molecule has 0 spiro atoms. The number of amides is 1. The van der Waals surface area contributed by atoms with Crippen LogP contribution in [0.1, 0.15) is 48.5 Å². The molecule has 0 saturated carbocycles. The average molecular weight is 342 g/mol. The van der Waals surface area contributed by atoms with Crippen LogP contribution in [0.3, 0.4) is 0 Å². The van der Waals surface area contributed by atoms with Gasteiger partial charge in [-0.25, -0.2) is 4.79 Å². The van der Waals surface area contributed by atoms with E-state index in [-0.39, 0.29) is 11.7 Å². The Labute approximate surface area is 146 Å². The van der Waals surface area contributed by atoms with Gasteiger partial charge in [-0.3, -0.25) is 9.59 Å². The molecule has 2 rings (SSSR count). The zero-order valence-electron chi connectivity index (χ0n) is 14.8. The van der Waals surface area contributed by atoms with Crippen molar-refractivity contribution in [3.8, 4) is 0 Å². The highest BCUT2D eigenvalue weighted by molar-refractivity contribution is 6.02. The van der Waals surface area contributed by atoms with Crippen LogP contribution in [0, 0.1) is 5.41 Å². The molecule has 0 aliphatic carbocycles. The van der Waals surface area contributed by atoms with Crippen molar-refractivity contribution in [1.29, 1.82) is 0 Å². The zero-order chi connectivity index (χ0) is 18.6. The summed E-state index contributed by atoms with van der Waals surface area (Å²) in [7, 11) is 0. The number of esters is 1. The van der Waals surface area contributed by atoms with E-state index in [1.165, 1.54) is 6.92 Å².